The van der Waals surface area contributed by atoms with Gasteiger partial charge in [0.25, 0.3) is 5.91 Å². The lowest BCUT2D eigenvalue weighted by atomic mass is 9.95. The lowest BCUT2D eigenvalue weighted by Crippen LogP contribution is -2.45. The molecule has 2 heterocycles. The smallest absolute Gasteiger partial charge is 0.258 e. The number of halogens is 1. The Labute approximate surface area is 211 Å². The molecule has 6 nitrogen and oxygen atoms in total. The van der Waals surface area contributed by atoms with E-state index in [0.717, 1.165) is 42.9 Å². The van der Waals surface area contributed by atoms with Gasteiger partial charge in [-0.2, -0.15) is 0 Å². The molecule has 7 heteroatoms. The molecule has 1 aliphatic heterocycles. The molecule has 1 saturated heterocycles. The summed E-state index contributed by atoms with van der Waals surface area (Å²) in [6, 6.07) is 15.5. The molecule has 184 valence electrons. The fraction of sp³-hybridized carbons (Fsp3) is 0.429. The number of aromatic nitrogens is 1. The Morgan fingerprint density at radius 3 is 2.51 bits per heavy atom. The van der Waals surface area contributed by atoms with Crippen LogP contribution >= 0.6 is 11.6 Å². The molecule has 2 aromatic carbocycles. The van der Waals surface area contributed by atoms with Gasteiger partial charge in [-0.25, -0.2) is 0 Å². The number of amides is 2. The van der Waals surface area contributed by atoms with Gasteiger partial charge >= 0.3 is 0 Å². The lowest BCUT2D eigenvalue weighted by Gasteiger charge is -2.36. The maximum Gasteiger partial charge on any atom is 0.258 e. The summed E-state index contributed by atoms with van der Waals surface area (Å²) >= 11 is 6.19. The Bertz CT molecular complexity index is 1160. The van der Waals surface area contributed by atoms with Crippen LogP contribution in [-0.4, -0.2) is 53.9 Å². The maximum atomic E-state index is 13.5. The van der Waals surface area contributed by atoms with Crippen molar-refractivity contribution in [1.29, 1.82) is 0 Å². The summed E-state index contributed by atoms with van der Waals surface area (Å²) in [5.41, 5.74) is 2.00. The first-order valence-electron chi connectivity index (χ1n) is 12.7. The van der Waals surface area contributed by atoms with Gasteiger partial charge in [0.15, 0.2) is 0 Å². The zero-order valence-electron chi connectivity index (χ0n) is 20.0. The van der Waals surface area contributed by atoms with E-state index in [9.17, 15) is 9.59 Å². The van der Waals surface area contributed by atoms with Gasteiger partial charge in [0, 0.05) is 40.9 Å². The number of nitrogens with one attached hydrogen (secondary N) is 2. The van der Waals surface area contributed by atoms with Gasteiger partial charge < -0.3 is 15.2 Å². The van der Waals surface area contributed by atoms with Gasteiger partial charge in [-0.3, -0.25) is 14.5 Å². The summed E-state index contributed by atoms with van der Waals surface area (Å²) in [6.07, 6.45) is 9.37. The monoisotopic (exact) mass is 492 g/mol. The van der Waals surface area contributed by atoms with Crippen LogP contribution in [0.25, 0.3) is 10.9 Å². The average Bonchev–Trinajstić information content (AvgIpc) is 3.57. The van der Waals surface area contributed by atoms with E-state index >= 15 is 0 Å². The zero-order chi connectivity index (χ0) is 24.2. The Morgan fingerprint density at radius 1 is 1.03 bits per heavy atom. The van der Waals surface area contributed by atoms with Crippen LogP contribution in [-0.2, 0) is 4.79 Å². The molecule has 0 radical (unpaired) electrons. The molecule has 1 aromatic heterocycles. The highest BCUT2D eigenvalue weighted by molar-refractivity contribution is 6.35. The Hall–Kier alpha value is -2.83. The van der Waals surface area contributed by atoms with E-state index in [4.69, 9.17) is 11.6 Å². The topological polar surface area (TPSA) is 68.4 Å². The van der Waals surface area contributed by atoms with Crippen molar-refractivity contribution in [2.24, 2.45) is 5.92 Å². The van der Waals surface area contributed by atoms with E-state index in [-0.39, 0.29) is 18.4 Å². The van der Waals surface area contributed by atoms with Gasteiger partial charge in [0.1, 0.15) is 6.54 Å². The largest absolute Gasteiger partial charge is 0.360 e. The van der Waals surface area contributed by atoms with E-state index in [1.807, 2.05) is 36.4 Å². The molecule has 0 spiro atoms. The highest BCUT2D eigenvalue weighted by Gasteiger charge is 2.27. The first kappa shape index (κ1) is 23.9. The molecule has 1 saturated carbocycles. The van der Waals surface area contributed by atoms with Crippen molar-refractivity contribution < 1.29 is 9.59 Å². The SMILES string of the molecule is O=C(CN(C(=O)c1ccc2c(Cl)c[nH]c2c1)c1ccccc1)NCC1CCN(C2CCCC2)CC1. The number of piperidine rings is 1. The first-order chi connectivity index (χ1) is 17.1. The molecule has 3 aromatic rings. The molecule has 5 rings (SSSR count). The van der Waals surface area contributed by atoms with Crippen molar-refractivity contribution in [3.63, 3.8) is 0 Å². The standard InChI is InChI=1S/C28H33ClN4O2/c29-25-18-30-26-16-21(10-11-24(25)26)28(35)33(23-8-2-1-3-9-23)19-27(34)31-17-20-12-14-32(15-13-20)22-6-4-5-7-22/h1-3,8-11,16,18,20,22,30H,4-7,12-15,17,19H2,(H,31,34). The van der Waals surface area contributed by atoms with Gasteiger partial charge in [0.2, 0.25) is 5.91 Å². The van der Waals surface area contributed by atoms with Crippen LogP contribution in [0.3, 0.4) is 0 Å². The third-order valence-electron chi connectivity index (χ3n) is 7.57. The minimum absolute atomic E-state index is 0.0206. The van der Waals surface area contributed by atoms with Crippen LogP contribution in [0.5, 0.6) is 0 Å². The van der Waals surface area contributed by atoms with E-state index < -0.39 is 0 Å². The third kappa shape index (κ3) is 5.54. The second-order valence-corrected chi connectivity index (χ2v) is 10.3. The Morgan fingerprint density at radius 2 is 1.77 bits per heavy atom. The summed E-state index contributed by atoms with van der Waals surface area (Å²) in [7, 11) is 0. The minimum atomic E-state index is -0.219. The van der Waals surface area contributed by atoms with Crippen LogP contribution in [0.15, 0.2) is 54.7 Å². The highest BCUT2D eigenvalue weighted by Crippen LogP contribution is 2.28. The number of rotatable bonds is 7. The van der Waals surface area contributed by atoms with E-state index in [1.54, 1.807) is 23.2 Å². The van der Waals surface area contributed by atoms with Crippen molar-refractivity contribution in [3.8, 4) is 0 Å². The predicted octanol–water partition coefficient (Wildman–Crippen LogP) is 5.24. The number of aromatic amines is 1. The van der Waals surface area contributed by atoms with Crippen LogP contribution in [0.1, 0.15) is 48.9 Å². The summed E-state index contributed by atoms with van der Waals surface area (Å²) in [6.45, 7) is 2.91. The van der Waals surface area contributed by atoms with E-state index in [1.165, 1.54) is 25.7 Å². The van der Waals surface area contributed by atoms with Gasteiger partial charge in [-0.1, -0.05) is 48.7 Å². The molecule has 0 bridgehead atoms. The van der Waals surface area contributed by atoms with Crippen molar-refractivity contribution in [2.45, 2.75) is 44.6 Å². The number of carbonyl (C=O) groups excluding carboxylic acids is 2. The normalized spacial score (nSPS) is 17.6. The van der Waals surface area contributed by atoms with Crippen LogP contribution in [0, 0.1) is 5.92 Å². The minimum Gasteiger partial charge on any atom is -0.360 e. The fourth-order valence-electron chi connectivity index (χ4n) is 5.52. The summed E-state index contributed by atoms with van der Waals surface area (Å²) < 4.78 is 0. The molecule has 2 amide bonds. The summed E-state index contributed by atoms with van der Waals surface area (Å²) in [4.78, 5) is 33.7. The fourth-order valence-corrected chi connectivity index (χ4v) is 5.74. The molecule has 35 heavy (non-hydrogen) atoms. The van der Waals surface area contributed by atoms with Crippen LogP contribution < -0.4 is 10.2 Å². The summed E-state index contributed by atoms with van der Waals surface area (Å²) in [5.74, 6) is 0.144. The van der Waals surface area contributed by atoms with E-state index in [2.05, 4.69) is 15.2 Å². The van der Waals surface area contributed by atoms with Crippen molar-refractivity contribution in [1.82, 2.24) is 15.2 Å². The quantitative estimate of drug-likeness (QED) is 0.474. The average molecular weight is 493 g/mol. The number of likely N-dealkylation sites (tertiary alicyclic amines) is 1. The molecule has 1 aliphatic carbocycles. The molecule has 0 atom stereocenters. The number of para-hydroxylation sites is 1. The molecule has 2 aliphatic rings. The molecule has 2 N–H and O–H groups in total. The van der Waals surface area contributed by atoms with Crippen molar-refractivity contribution >= 4 is 40.0 Å². The highest BCUT2D eigenvalue weighted by atomic mass is 35.5. The lowest BCUT2D eigenvalue weighted by molar-refractivity contribution is -0.120. The Kier molecular flexibility index (Phi) is 7.40. The van der Waals surface area contributed by atoms with Crippen LogP contribution in [0.2, 0.25) is 5.02 Å². The van der Waals surface area contributed by atoms with Gasteiger partial charge in [0.05, 0.1) is 5.02 Å². The second kappa shape index (κ2) is 10.8. The number of carbonyl (C=O) groups is 2. The van der Waals surface area contributed by atoms with E-state index in [0.29, 0.717) is 28.7 Å². The van der Waals surface area contributed by atoms with Gasteiger partial charge in [-0.05, 0) is 69.0 Å². The number of fused-ring (bicyclic) bond motifs is 1. The number of hydrogen-bond donors (Lipinski definition) is 2. The number of hydrogen-bond acceptors (Lipinski definition) is 3. The third-order valence-corrected chi connectivity index (χ3v) is 7.88. The first-order valence-corrected chi connectivity index (χ1v) is 13.1. The number of anilines is 1. The number of benzene rings is 2. The molecule has 0 unspecified atom stereocenters. The molecular formula is C28H33ClN4O2. The second-order valence-electron chi connectivity index (χ2n) is 9.85. The van der Waals surface area contributed by atoms with Crippen molar-refractivity contribution in [3.05, 3.63) is 65.3 Å². The maximum absolute atomic E-state index is 13.5. The number of nitrogens with zero attached hydrogens (tertiary/aromatic N) is 2. The van der Waals surface area contributed by atoms with Crippen molar-refractivity contribution in [2.75, 3.05) is 31.1 Å². The van der Waals surface area contributed by atoms with Gasteiger partial charge in [-0.15, -0.1) is 0 Å². The van der Waals surface area contributed by atoms with Crippen LogP contribution in [0.4, 0.5) is 5.69 Å². The predicted molar refractivity (Wildman–Crippen MR) is 141 cm³/mol. The molecule has 2 fully saturated rings. The molecular weight excluding hydrogens is 460 g/mol. The summed E-state index contributed by atoms with van der Waals surface area (Å²) in [5, 5.41) is 4.59. The zero-order valence-corrected chi connectivity index (χ0v) is 20.8. The number of H-pyrrole nitrogens is 1. The Balaban J connectivity index is 1.21.